The van der Waals surface area contributed by atoms with E-state index in [2.05, 4.69) is 0 Å². The van der Waals surface area contributed by atoms with Crippen molar-refractivity contribution in [3.05, 3.63) is 0 Å². The Morgan fingerprint density at radius 3 is 2.81 bits per heavy atom. The molecule has 0 amide bonds. The third-order valence-electron chi connectivity index (χ3n) is 2.75. The van der Waals surface area contributed by atoms with Crippen LogP contribution in [0.15, 0.2) is 0 Å². The van der Waals surface area contributed by atoms with E-state index in [0.717, 1.165) is 6.42 Å². The number of esters is 1. The second-order valence-electron chi connectivity index (χ2n) is 4.10. The fraction of sp³-hybridized carbons (Fsp3) is 0.909. The van der Waals surface area contributed by atoms with Crippen molar-refractivity contribution < 1.29 is 18.5 Å². The largest absolute Gasteiger partial charge is 0.466 e. The first-order valence-electron chi connectivity index (χ1n) is 5.71. The summed E-state index contributed by atoms with van der Waals surface area (Å²) in [6.45, 7) is 6.51. The van der Waals surface area contributed by atoms with Crippen LogP contribution in [-0.2, 0) is 25.1 Å². The van der Waals surface area contributed by atoms with Crippen LogP contribution in [-0.4, -0.2) is 40.5 Å². The van der Waals surface area contributed by atoms with E-state index in [0.29, 0.717) is 19.0 Å². The highest BCUT2D eigenvalue weighted by Crippen LogP contribution is 2.20. The molecule has 1 aliphatic rings. The third kappa shape index (κ3) is 3.56. The molecule has 0 saturated carbocycles. The van der Waals surface area contributed by atoms with E-state index in [9.17, 15) is 9.00 Å². The monoisotopic (exact) mass is 248 g/mol. The Kier molecular flexibility index (Phi) is 5.41. The first-order valence-corrected chi connectivity index (χ1v) is 7.09. The van der Waals surface area contributed by atoms with Gasteiger partial charge in [0.25, 0.3) is 0 Å². The van der Waals surface area contributed by atoms with E-state index in [1.54, 1.807) is 13.8 Å². The second-order valence-corrected chi connectivity index (χ2v) is 5.80. The first kappa shape index (κ1) is 13.6. The number of rotatable bonds is 5. The number of carbonyl (C=O) groups excluding carboxylic acids is 1. The molecule has 4 nitrogen and oxygen atoms in total. The van der Waals surface area contributed by atoms with Gasteiger partial charge in [-0.2, -0.15) is 0 Å². The zero-order valence-electron chi connectivity index (χ0n) is 10.1. The number of carbonyl (C=O) groups is 1. The molecule has 4 atom stereocenters. The topological polar surface area (TPSA) is 52.6 Å². The molecule has 0 radical (unpaired) electrons. The highest BCUT2D eigenvalue weighted by Gasteiger charge is 2.31. The zero-order valence-corrected chi connectivity index (χ0v) is 10.9. The lowest BCUT2D eigenvalue weighted by Gasteiger charge is -2.16. The predicted molar refractivity (Wildman–Crippen MR) is 62.6 cm³/mol. The molecule has 0 aromatic carbocycles. The van der Waals surface area contributed by atoms with E-state index in [1.165, 1.54) is 0 Å². The lowest BCUT2D eigenvalue weighted by atomic mass is 10.2. The average molecular weight is 248 g/mol. The zero-order chi connectivity index (χ0) is 12.1. The predicted octanol–water partition coefficient (Wildman–Crippen LogP) is 1.11. The molecule has 94 valence electrons. The van der Waals surface area contributed by atoms with Gasteiger partial charge < -0.3 is 9.47 Å². The Labute approximate surface area is 99.1 Å². The summed E-state index contributed by atoms with van der Waals surface area (Å²) in [5.41, 5.74) is 0. The smallest absolute Gasteiger partial charge is 0.309 e. The first-order chi connectivity index (χ1) is 7.56. The van der Waals surface area contributed by atoms with Gasteiger partial charge in [0.1, 0.15) is 0 Å². The molecule has 1 saturated heterocycles. The van der Waals surface area contributed by atoms with Crippen LogP contribution < -0.4 is 0 Å². The molecule has 0 aromatic heterocycles. The summed E-state index contributed by atoms with van der Waals surface area (Å²) in [6, 6.07) is 0. The summed E-state index contributed by atoms with van der Waals surface area (Å²) >= 11 is 0. The fourth-order valence-corrected chi connectivity index (χ4v) is 3.52. The van der Waals surface area contributed by atoms with Crippen molar-refractivity contribution in [3.63, 3.8) is 0 Å². The summed E-state index contributed by atoms with van der Waals surface area (Å²) in [7, 11) is -1.01. The standard InChI is InChI=1S/C11H20O4S/c1-4-14-11(12)8(2)7-16(13)10-5-6-15-9(10)3/h8-10H,4-7H2,1-3H3. The lowest BCUT2D eigenvalue weighted by molar-refractivity contribution is -0.146. The third-order valence-corrected chi connectivity index (χ3v) is 4.87. The maximum Gasteiger partial charge on any atom is 0.309 e. The molecule has 1 rings (SSSR count). The average Bonchev–Trinajstić information content (AvgIpc) is 2.64. The van der Waals surface area contributed by atoms with Gasteiger partial charge in [-0.3, -0.25) is 9.00 Å². The highest BCUT2D eigenvalue weighted by atomic mass is 32.2. The molecule has 1 fully saturated rings. The van der Waals surface area contributed by atoms with E-state index in [-0.39, 0.29) is 23.2 Å². The van der Waals surface area contributed by atoms with Gasteiger partial charge in [0.05, 0.1) is 23.9 Å². The minimum atomic E-state index is -1.01. The molecule has 0 spiro atoms. The van der Waals surface area contributed by atoms with Gasteiger partial charge >= 0.3 is 5.97 Å². The van der Waals surface area contributed by atoms with Gasteiger partial charge in [-0.05, 0) is 20.3 Å². The minimum absolute atomic E-state index is 0.0372. The fourth-order valence-electron chi connectivity index (χ4n) is 1.78. The molecule has 4 unspecified atom stereocenters. The maximum atomic E-state index is 12.0. The Bertz CT molecular complexity index is 267. The Hall–Kier alpha value is -0.420. The molecule has 1 aliphatic heterocycles. The van der Waals surface area contributed by atoms with Crippen molar-refractivity contribution in [2.45, 2.75) is 38.5 Å². The van der Waals surface area contributed by atoms with Crippen LogP contribution in [0.5, 0.6) is 0 Å². The van der Waals surface area contributed by atoms with Crippen molar-refractivity contribution in [2.75, 3.05) is 19.0 Å². The van der Waals surface area contributed by atoms with Gasteiger partial charge in [-0.1, -0.05) is 6.92 Å². The van der Waals surface area contributed by atoms with Crippen LogP contribution in [0.1, 0.15) is 27.2 Å². The van der Waals surface area contributed by atoms with Crippen LogP contribution in [0.3, 0.4) is 0 Å². The van der Waals surface area contributed by atoms with Crippen LogP contribution in [0.4, 0.5) is 0 Å². The summed E-state index contributed by atoms with van der Waals surface area (Å²) in [6.07, 6.45) is 0.860. The summed E-state index contributed by atoms with van der Waals surface area (Å²) < 4.78 is 22.3. The van der Waals surface area contributed by atoms with E-state index >= 15 is 0 Å². The van der Waals surface area contributed by atoms with E-state index in [4.69, 9.17) is 9.47 Å². The molecule has 0 aromatic rings. The van der Waals surface area contributed by atoms with Gasteiger partial charge in [0, 0.05) is 23.2 Å². The van der Waals surface area contributed by atoms with E-state index in [1.807, 2.05) is 6.92 Å². The van der Waals surface area contributed by atoms with E-state index < -0.39 is 10.8 Å². The van der Waals surface area contributed by atoms with Gasteiger partial charge in [0.15, 0.2) is 0 Å². The van der Waals surface area contributed by atoms with Crippen LogP contribution in [0.2, 0.25) is 0 Å². The minimum Gasteiger partial charge on any atom is -0.466 e. The highest BCUT2D eigenvalue weighted by molar-refractivity contribution is 7.85. The van der Waals surface area contributed by atoms with Crippen LogP contribution in [0, 0.1) is 5.92 Å². The number of hydrogen-bond acceptors (Lipinski definition) is 4. The maximum absolute atomic E-state index is 12.0. The van der Waals surface area contributed by atoms with Gasteiger partial charge in [-0.25, -0.2) is 0 Å². The molecular formula is C11H20O4S. The quantitative estimate of drug-likeness (QED) is 0.684. The lowest BCUT2D eigenvalue weighted by Crippen LogP contribution is -2.30. The molecular weight excluding hydrogens is 228 g/mol. The van der Waals surface area contributed by atoms with Crippen LogP contribution >= 0.6 is 0 Å². The molecule has 0 aliphatic carbocycles. The number of ether oxygens (including phenoxy) is 2. The Balaban J connectivity index is 2.41. The second kappa shape index (κ2) is 6.35. The molecule has 0 N–H and O–H groups in total. The SMILES string of the molecule is CCOC(=O)C(C)CS(=O)C1CCOC1C. The molecule has 0 bridgehead atoms. The number of hydrogen-bond donors (Lipinski definition) is 0. The molecule has 1 heterocycles. The molecule has 5 heteroatoms. The Morgan fingerprint density at radius 2 is 2.31 bits per heavy atom. The summed E-state index contributed by atoms with van der Waals surface area (Å²) in [5, 5.41) is 0.0666. The summed E-state index contributed by atoms with van der Waals surface area (Å²) in [4.78, 5) is 11.4. The van der Waals surface area contributed by atoms with Crippen molar-refractivity contribution in [3.8, 4) is 0 Å². The van der Waals surface area contributed by atoms with Crippen molar-refractivity contribution in [1.82, 2.24) is 0 Å². The van der Waals surface area contributed by atoms with Crippen molar-refractivity contribution in [1.29, 1.82) is 0 Å². The van der Waals surface area contributed by atoms with Crippen molar-refractivity contribution >= 4 is 16.8 Å². The van der Waals surface area contributed by atoms with Gasteiger partial charge in [-0.15, -0.1) is 0 Å². The molecule has 16 heavy (non-hydrogen) atoms. The Morgan fingerprint density at radius 1 is 1.62 bits per heavy atom. The van der Waals surface area contributed by atoms with Gasteiger partial charge in [0.2, 0.25) is 0 Å². The van der Waals surface area contributed by atoms with Crippen molar-refractivity contribution in [2.24, 2.45) is 5.92 Å². The normalized spacial score (nSPS) is 28.7. The van der Waals surface area contributed by atoms with Crippen LogP contribution in [0.25, 0.3) is 0 Å². The summed E-state index contributed by atoms with van der Waals surface area (Å²) in [5.74, 6) is -0.187.